The number of benzene rings is 1. The maximum absolute atomic E-state index is 13.1. The molecule has 1 aliphatic carbocycles. The molecule has 3 aromatic rings. The Morgan fingerprint density at radius 3 is 2.70 bits per heavy atom. The molecule has 1 saturated carbocycles. The Bertz CT molecular complexity index is 947. The van der Waals surface area contributed by atoms with Crippen molar-refractivity contribution in [1.82, 2.24) is 19.7 Å². The zero-order chi connectivity index (χ0) is 16.1. The Morgan fingerprint density at radius 1 is 1.30 bits per heavy atom. The summed E-state index contributed by atoms with van der Waals surface area (Å²) in [6.45, 7) is 0. The minimum Gasteiger partial charge on any atom is -0.321 e. The van der Waals surface area contributed by atoms with E-state index in [1.54, 1.807) is 24.5 Å². The number of nitrogens with one attached hydrogen (secondary N) is 1. The van der Waals surface area contributed by atoms with E-state index in [-0.39, 0.29) is 17.0 Å². The third-order valence-electron chi connectivity index (χ3n) is 4.12. The predicted molar refractivity (Wildman–Crippen MR) is 89.2 cm³/mol. The summed E-state index contributed by atoms with van der Waals surface area (Å²) < 4.78 is 1.47. The number of nitrogens with two attached hydrogens (primary N) is 1. The van der Waals surface area contributed by atoms with Crippen molar-refractivity contribution in [2.24, 2.45) is 11.7 Å². The van der Waals surface area contributed by atoms with E-state index in [0.717, 1.165) is 12.8 Å². The van der Waals surface area contributed by atoms with Crippen LogP contribution in [0.5, 0.6) is 0 Å². The number of nitrogens with zero attached hydrogens (tertiary/aromatic N) is 3. The van der Waals surface area contributed by atoms with Crippen LogP contribution >= 0.6 is 23.2 Å². The van der Waals surface area contributed by atoms with Gasteiger partial charge in [0.15, 0.2) is 0 Å². The standard InChI is InChI=1S/C15H13Cl2N5O/c16-9-3-4-10(17)13-11(9)15(23)22(8-5-19-20-6-8)14(21-13)12(18)7-1-2-7/h3-7,12H,1-2,18H2,(H,19,20). The molecule has 1 aliphatic rings. The largest absolute Gasteiger partial charge is 0.321 e. The number of hydrogen-bond donors (Lipinski definition) is 2. The van der Waals surface area contributed by atoms with Crippen LogP contribution in [0.2, 0.25) is 10.0 Å². The number of H-pyrrole nitrogens is 1. The van der Waals surface area contributed by atoms with Gasteiger partial charge in [0.05, 0.1) is 38.9 Å². The lowest BCUT2D eigenvalue weighted by atomic mass is 10.1. The van der Waals surface area contributed by atoms with Crippen LogP contribution in [0.3, 0.4) is 0 Å². The van der Waals surface area contributed by atoms with Crippen molar-refractivity contribution in [2.75, 3.05) is 0 Å². The van der Waals surface area contributed by atoms with Crippen molar-refractivity contribution < 1.29 is 0 Å². The maximum Gasteiger partial charge on any atom is 0.267 e. The van der Waals surface area contributed by atoms with Crippen LogP contribution in [0.1, 0.15) is 24.7 Å². The first-order valence-corrected chi connectivity index (χ1v) is 7.99. The lowest BCUT2D eigenvalue weighted by Crippen LogP contribution is -2.29. The highest BCUT2D eigenvalue weighted by Gasteiger charge is 2.33. The first kappa shape index (κ1) is 14.7. The zero-order valence-corrected chi connectivity index (χ0v) is 13.5. The number of aromatic nitrogens is 4. The molecule has 0 amide bonds. The fourth-order valence-corrected chi connectivity index (χ4v) is 3.17. The molecule has 4 rings (SSSR count). The maximum atomic E-state index is 13.1. The topological polar surface area (TPSA) is 89.6 Å². The van der Waals surface area contributed by atoms with Crippen LogP contribution in [0.4, 0.5) is 0 Å². The van der Waals surface area contributed by atoms with Crippen LogP contribution in [0.25, 0.3) is 16.6 Å². The van der Waals surface area contributed by atoms with Crippen LogP contribution in [0, 0.1) is 5.92 Å². The Labute approximate surface area is 141 Å². The fourth-order valence-electron chi connectivity index (χ4n) is 2.74. The fraction of sp³-hybridized carbons (Fsp3) is 0.267. The summed E-state index contributed by atoms with van der Waals surface area (Å²) in [5, 5.41) is 7.59. The van der Waals surface area contributed by atoms with Gasteiger partial charge in [0, 0.05) is 6.20 Å². The summed E-state index contributed by atoms with van der Waals surface area (Å²) in [5.41, 5.74) is 6.99. The molecule has 1 atom stereocenters. The van der Waals surface area contributed by atoms with Gasteiger partial charge in [-0.25, -0.2) is 4.98 Å². The minimum atomic E-state index is -0.336. The van der Waals surface area contributed by atoms with E-state index in [4.69, 9.17) is 28.9 Å². The molecule has 0 radical (unpaired) electrons. The van der Waals surface area contributed by atoms with Crippen molar-refractivity contribution >= 4 is 34.1 Å². The monoisotopic (exact) mass is 349 g/mol. The summed E-state index contributed by atoms with van der Waals surface area (Å²) in [4.78, 5) is 17.6. The Balaban J connectivity index is 2.11. The number of hydrogen-bond acceptors (Lipinski definition) is 4. The van der Waals surface area contributed by atoms with E-state index in [9.17, 15) is 4.79 Å². The second-order valence-corrected chi connectivity index (χ2v) is 6.50. The molecule has 23 heavy (non-hydrogen) atoms. The van der Waals surface area contributed by atoms with Gasteiger partial charge in [-0.15, -0.1) is 0 Å². The lowest BCUT2D eigenvalue weighted by Gasteiger charge is -2.17. The van der Waals surface area contributed by atoms with Crippen LogP contribution in [0.15, 0.2) is 29.3 Å². The first-order valence-electron chi connectivity index (χ1n) is 7.23. The summed E-state index contributed by atoms with van der Waals surface area (Å²) in [6, 6.07) is 2.89. The van der Waals surface area contributed by atoms with Crippen molar-refractivity contribution in [1.29, 1.82) is 0 Å². The summed E-state index contributed by atoms with van der Waals surface area (Å²) in [6.07, 6.45) is 5.24. The molecule has 0 bridgehead atoms. The predicted octanol–water partition coefficient (Wildman–Crippen LogP) is 2.83. The van der Waals surface area contributed by atoms with Gasteiger partial charge in [0.2, 0.25) is 0 Å². The number of fused-ring (bicyclic) bond motifs is 1. The molecule has 0 spiro atoms. The molecule has 1 unspecified atom stereocenters. The highest BCUT2D eigenvalue weighted by atomic mass is 35.5. The van der Waals surface area contributed by atoms with Gasteiger partial charge in [0.1, 0.15) is 5.82 Å². The van der Waals surface area contributed by atoms with Crippen LogP contribution in [-0.4, -0.2) is 19.7 Å². The molecular formula is C15H13Cl2N5O. The summed E-state index contributed by atoms with van der Waals surface area (Å²) >= 11 is 12.4. The molecule has 0 saturated heterocycles. The number of halogens is 2. The van der Waals surface area contributed by atoms with Crippen LogP contribution < -0.4 is 11.3 Å². The van der Waals surface area contributed by atoms with Gasteiger partial charge in [-0.1, -0.05) is 23.2 Å². The third kappa shape index (κ3) is 2.34. The van der Waals surface area contributed by atoms with Crippen molar-refractivity contribution in [2.45, 2.75) is 18.9 Å². The van der Waals surface area contributed by atoms with E-state index in [0.29, 0.717) is 33.0 Å². The van der Waals surface area contributed by atoms with Gasteiger partial charge in [-0.3, -0.25) is 14.5 Å². The van der Waals surface area contributed by atoms with Gasteiger partial charge in [-0.05, 0) is 30.9 Å². The lowest BCUT2D eigenvalue weighted by molar-refractivity contribution is 0.574. The van der Waals surface area contributed by atoms with E-state index < -0.39 is 0 Å². The highest BCUT2D eigenvalue weighted by molar-refractivity contribution is 6.39. The highest BCUT2D eigenvalue weighted by Crippen LogP contribution is 2.39. The van der Waals surface area contributed by atoms with E-state index in [1.807, 2.05) is 0 Å². The minimum absolute atomic E-state index is 0.284. The molecule has 3 N–H and O–H groups in total. The summed E-state index contributed by atoms with van der Waals surface area (Å²) in [5.74, 6) is 0.811. The molecule has 2 heterocycles. The molecule has 6 nitrogen and oxygen atoms in total. The molecule has 8 heteroatoms. The SMILES string of the molecule is NC(c1nc2c(Cl)ccc(Cl)c2c(=O)n1-c1cn[nH]c1)C1CC1. The molecule has 0 aliphatic heterocycles. The van der Waals surface area contributed by atoms with Crippen molar-refractivity contribution in [3.63, 3.8) is 0 Å². The first-order chi connectivity index (χ1) is 11.1. The zero-order valence-electron chi connectivity index (χ0n) is 12.0. The number of rotatable bonds is 3. The smallest absolute Gasteiger partial charge is 0.267 e. The van der Waals surface area contributed by atoms with Crippen molar-refractivity contribution in [3.8, 4) is 5.69 Å². The quantitative estimate of drug-likeness (QED) is 0.760. The van der Waals surface area contributed by atoms with Crippen LogP contribution in [-0.2, 0) is 0 Å². The van der Waals surface area contributed by atoms with Gasteiger partial charge >= 0.3 is 0 Å². The third-order valence-corrected chi connectivity index (χ3v) is 4.74. The summed E-state index contributed by atoms with van der Waals surface area (Å²) in [7, 11) is 0. The second kappa shape index (κ2) is 5.33. The van der Waals surface area contributed by atoms with E-state index in [1.165, 1.54) is 4.57 Å². The van der Waals surface area contributed by atoms with Gasteiger partial charge in [-0.2, -0.15) is 5.10 Å². The average molecular weight is 350 g/mol. The van der Waals surface area contributed by atoms with E-state index in [2.05, 4.69) is 15.2 Å². The second-order valence-electron chi connectivity index (χ2n) is 5.68. The molecular weight excluding hydrogens is 337 g/mol. The average Bonchev–Trinajstić information content (AvgIpc) is 3.25. The normalized spacial score (nSPS) is 16.0. The Kier molecular flexibility index (Phi) is 3.41. The Hall–Kier alpha value is -1.89. The molecule has 1 aromatic carbocycles. The van der Waals surface area contributed by atoms with Crippen molar-refractivity contribution in [3.05, 3.63) is 50.7 Å². The Morgan fingerprint density at radius 2 is 2.04 bits per heavy atom. The molecule has 118 valence electrons. The number of aromatic amines is 1. The van der Waals surface area contributed by atoms with E-state index >= 15 is 0 Å². The van der Waals surface area contributed by atoms with Gasteiger partial charge in [0.25, 0.3) is 5.56 Å². The molecule has 2 aromatic heterocycles. The van der Waals surface area contributed by atoms with Gasteiger partial charge < -0.3 is 5.73 Å². The molecule has 1 fully saturated rings.